The van der Waals surface area contributed by atoms with Crippen LogP contribution in [0.3, 0.4) is 0 Å². The zero-order valence-electron chi connectivity index (χ0n) is 33.8. The largest absolute Gasteiger partial charge is 0.309 e. The van der Waals surface area contributed by atoms with Crippen LogP contribution in [0.1, 0.15) is 25.0 Å². The van der Waals surface area contributed by atoms with Gasteiger partial charge in [0.15, 0.2) is 0 Å². The van der Waals surface area contributed by atoms with E-state index in [0.29, 0.717) is 0 Å². The average molecular weight is 766 g/mol. The van der Waals surface area contributed by atoms with Gasteiger partial charge in [-0.15, -0.1) is 0 Å². The molecular weight excluding hydrogens is 723 g/mol. The van der Waals surface area contributed by atoms with E-state index in [4.69, 9.17) is 0 Å². The van der Waals surface area contributed by atoms with E-state index in [1.54, 1.807) is 0 Å². The quantitative estimate of drug-likeness (QED) is 0.146. The molecule has 0 saturated carbocycles. The summed E-state index contributed by atoms with van der Waals surface area (Å²) in [7, 11) is 0. The lowest BCUT2D eigenvalue weighted by molar-refractivity contribution is 0.660. The lowest BCUT2D eigenvalue weighted by Gasteiger charge is -2.32. The fraction of sp³-hybridized carbons (Fsp3) is 0.0508. The van der Waals surface area contributed by atoms with E-state index in [9.17, 15) is 0 Å². The highest BCUT2D eigenvalue weighted by molar-refractivity contribution is 6.16. The molecule has 1 aliphatic rings. The van der Waals surface area contributed by atoms with Crippen molar-refractivity contribution in [2.45, 2.75) is 19.3 Å². The van der Waals surface area contributed by atoms with Gasteiger partial charge in [0.05, 0.1) is 11.4 Å². The second-order valence-corrected chi connectivity index (χ2v) is 16.5. The minimum absolute atomic E-state index is 0.158. The van der Waals surface area contributed by atoms with Gasteiger partial charge < -0.3 is 4.90 Å². The van der Waals surface area contributed by atoms with Gasteiger partial charge in [-0.05, 0) is 108 Å². The molecule has 11 rings (SSSR count). The molecule has 0 bridgehead atoms. The van der Waals surface area contributed by atoms with Crippen LogP contribution in [0.5, 0.6) is 0 Å². The molecule has 0 aromatic heterocycles. The monoisotopic (exact) mass is 765 g/mol. The van der Waals surface area contributed by atoms with Crippen LogP contribution in [-0.2, 0) is 5.41 Å². The van der Waals surface area contributed by atoms with Crippen molar-refractivity contribution in [1.29, 1.82) is 0 Å². The molecule has 60 heavy (non-hydrogen) atoms. The van der Waals surface area contributed by atoms with Gasteiger partial charge in [0, 0.05) is 22.2 Å². The number of anilines is 3. The Bertz CT molecular complexity index is 3210. The summed E-state index contributed by atoms with van der Waals surface area (Å²) >= 11 is 0. The molecule has 1 aliphatic carbocycles. The molecule has 0 aliphatic heterocycles. The smallest absolute Gasteiger partial charge is 0.0546 e. The molecule has 0 radical (unpaired) electrons. The van der Waals surface area contributed by atoms with Crippen LogP contribution in [-0.4, -0.2) is 0 Å². The molecule has 0 saturated heterocycles. The Balaban J connectivity index is 1.22. The van der Waals surface area contributed by atoms with Crippen LogP contribution < -0.4 is 4.90 Å². The second-order valence-electron chi connectivity index (χ2n) is 16.5. The van der Waals surface area contributed by atoms with Crippen LogP contribution >= 0.6 is 0 Å². The minimum Gasteiger partial charge on any atom is -0.309 e. The summed E-state index contributed by atoms with van der Waals surface area (Å²) in [5, 5.41) is 4.99. The summed E-state index contributed by atoms with van der Waals surface area (Å²) in [4.78, 5) is 2.52. The van der Waals surface area contributed by atoms with E-state index >= 15 is 0 Å². The van der Waals surface area contributed by atoms with E-state index in [-0.39, 0.29) is 5.41 Å². The second kappa shape index (κ2) is 14.4. The number of hydrogen-bond acceptors (Lipinski definition) is 1. The van der Waals surface area contributed by atoms with Crippen molar-refractivity contribution in [1.82, 2.24) is 0 Å². The van der Waals surface area contributed by atoms with Gasteiger partial charge in [0.2, 0.25) is 0 Å². The Kier molecular flexibility index (Phi) is 8.57. The molecule has 1 nitrogen and oxygen atoms in total. The Hall–Kier alpha value is -7.48. The van der Waals surface area contributed by atoms with E-state index in [1.165, 1.54) is 82.7 Å². The highest BCUT2D eigenvalue weighted by Gasteiger charge is 2.36. The summed E-state index contributed by atoms with van der Waals surface area (Å²) < 4.78 is 0. The predicted molar refractivity (Wildman–Crippen MR) is 255 cm³/mol. The Morgan fingerprint density at radius 1 is 0.317 bits per heavy atom. The zero-order valence-corrected chi connectivity index (χ0v) is 33.8. The van der Waals surface area contributed by atoms with E-state index < -0.39 is 0 Å². The number of nitrogens with zero attached hydrogens (tertiary/aromatic N) is 1. The van der Waals surface area contributed by atoms with Crippen molar-refractivity contribution in [2.75, 3.05) is 4.90 Å². The summed E-state index contributed by atoms with van der Waals surface area (Å²) in [6.45, 7) is 4.74. The number of benzene rings is 10. The molecular formula is C59H43N. The molecule has 10 aromatic carbocycles. The van der Waals surface area contributed by atoms with E-state index in [0.717, 1.165) is 22.6 Å². The first-order valence-electron chi connectivity index (χ1n) is 20.9. The molecule has 0 spiro atoms. The van der Waals surface area contributed by atoms with Crippen molar-refractivity contribution in [2.24, 2.45) is 0 Å². The van der Waals surface area contributed by atoms with Gasteiger partial charge in [-0.3, -0.25) is 0 Å². The van der Waals surface area contributed by atoms with Gasteiger partial charge in [-0.2, -0.15) is 0 Å². The van der Waals surface area contributed by atoms with Gasteiger partial charge in [0.1, 0.15) is 0 Å². The number of fused-ring (bicyclic) bond motifs is 6. The lowest BCUT2D eigenvalue weighted by atomic mass is 9.82. The molecule has 0 fully saturated rings. The maximum Gasteiger partial charge on any atom is 0.0546 e. The maximum atomic E-state index is 2.52. The first kappa shape index (κ1) is 35.7. The number of rotatable bonds is 7. The predicted octanol–water partition coefficient (Wildman–Crippen LogP) is 16.4. The highest BCUT2D eigenvalue weighted by Crippen LogP contribution is 2.53. The third kappa shape index (κ3) is 5.85. The van der Waals surface area contributed by atoms with Gasteiger partial charge in [0.25, 0.3) is 0 Å². The van der Waals surface area contributed by atoms with Crippen molar-refractivity contribution in [3.05, 3.63) is 236 Å². The number of para-hydroxylation sites is 1. The van der Waals surface area contributed by atoms with Gasteiger partial charge in [-0.1, -0.05) is 208 Å². The Labute approximate surface area is 352 Å². The molecule has 0 amide bonds. The average Bonchev–Trinajstić information content (AvgIpc) is 3.54. The Morgan fingerprint density at radius 2 is 0.867 bits per heavy atom. The summed E-state index contributed by atoms with van der Waals surface area (Å²) in [5.74, 6) is 0. The van der Waals surface area contributed by atoms with Crippen LogP contribution in [0.4, 0.5) is 17.1 Å². The first-order chi connectivity index (χ1) is 29.5. The van der Waals surface area contributed by atoms with Crippen LogP contribution in [0, 0.1) is 0 Å². The third-order valence-electron chi connectivity index (χ3n) is 12.7. The van der Waals surface area contributed by atoms with Crippen molar-refractivity contribution < 1.29 is 0 Å². The van der Waals surface area contributed by atoms with E-state index in [2.05, 4.69) is 243 Å². The van der Waals surface area contributed by atoms with Crippen molar-refractivity contribution in [3.63, 3.8) is 0 Å². The molecule has 0 N–H and O–H groups in total. The normalized spacial score (nSPS) is 12.6. The van der Waals surface area contributed by atoms with Crippen LogP contribution in [0.15, 0.2) is 224 Å². The molecule has 0 unspecified atom stereocenters. The Morgan fingerprint density at radius 3 is 1.65 bits per heavy atom. The van der Waals surface area contributed by atoms with Crippen LogP contribution in [0.25, 0.3) is 77.2 Å². The summed E-state index contributed by atoms with van der Waals surface area (Å²) in [6, 6.07) is 82.6. The number of hydrogen-bond donors (Lipinski definition) is 0. The fourth-order valence-electron chi connectivity index (χ4n) is 9.76. The molecule has 0 atom stereocenters. The first-order valence-corrected chi connectivity index (χ1v) is 20.9. The molecule has 1 heteroatoms. The standard InChI is InChI=1S/C59H43N/c1-59(2)54-29-15-13-27-50(54)51-37-36-45(39-55(51)59)60(56-30-16-14-24-47(56)42-20-7-4-8-21-42)57-31-17-28-52(58(57)43-34-32-41(33-35-43)40-18-5-3-6-19-40)53-38-44-22-9-10-23-46(44)48-25-11-12-26-49(48)53/h3-39H,1-2H3. The minimum atomic E-state index is -0.158. The SMILES string of the molecule is CC1(C)c2ccccc2-c2ccc(N(c3ccccc3-c3ccccc3)c3cccc(-c4cc5ccccc5c5ccccc45)c3-c3ccc(-c4ccccc4)cc3)cc21. The third-order valence-corrected chi connectivity index (χ3v) is 12.7. The molecule has 284 valence electrons. The van der Waals surface area contributed by atoms with E-state index in [1.807, 2.05) is 0 Å². The van der Waals surface area contributed by atoms with Crippen LogP contribution in [0.2, 0.25) is 0 Å². The molecule has 10 aromatic rings. The maximum absolute atomic E-state index is 2.52. The topological polar surface area (TPSA) is 3.24 Å². The van der Waals surface area contributed by atoms with Crippen molar-refractivity contribution in [3.8, 4) is 55.6 Å². The van der Waals surface area contributed by atoms with Crippen molar-refractivity contribution >= 4 is 38.6 Å². The summed E-state index contributed by atoms with van der Waals surface area (Å²) in [6.07, 6.45) is 0. The fourth-order valence-corrected chi connectivity index (χ4v) is 9.76. The molecule has 0 heterocycles. The zero-order chi connectivity index (χ0) is 40.2. The summed E-state index contributed by atoms with van der Waals surface area (Å²) in [5.41, 5.74) is 18.1. The lowest BCUT2D eigenvalue weighted by Crippen LogP contribution is -2.17. The van der Waals surface area contributed by atoms with Gasteiger partial charge in [-0.25, -0.2) is 0 Å². The van der Waals surface area contributed by atoms with Gasteiger partial charge >= 0.3 is 0 Å². The highest BCUT2D eigenvalue weighted by atomic mass is 15.1.